The van der Waals surface area contributed by atoms with Crippen LogP contribution in [0.15, 0.2) is 78.0 Å². The third-order valence-corrected chi connectivity index (χ3v) is 6.07. The molecule has 2 heterocycles. The molecule has 1 saturated heterocycles. The van der Waals surface area contributed by atoms with Crippen molar-refractivity contribution < 1.29 is 19.1 Å². The number of carbonyl (C=O) groups is 3. The molecule has 0 aliphatic carbocycles. The van der Waals surface area contributed by atoms with Gasteiger partial charge in [-0.15, -0.1) is 0 Å². The number of carbonyl (C=O) groups excluding carboxylic acids is 3. The van der Waals surface area contributed by atoms with Crippen LogP contribution in [0, 0.1) is 0 Å². The Morgan fingerprint density at radius 1 is 1.09 bits per heavy atom. The zero-order valence-corrected chi connectivity index (χ0v) is 19.5. The van der Waals surface area contributed by atoms with Gasteiger partial charge in [-0.3, -0.25) is 24.3 Å². The first-order valence-corrected chi connectivity index (χ1v) is 11.6. The first-order chi connectivity index (χ1) is 16.5. The number of nitrogens with zero attached hydrogens (tertiary/aromatic N) is 2. The summed E-state index contributed by atoms with van der Waals surface area (Å²) >= 11 is 6.75. The van der Waals surface area contributed by atoms with E-state index in [1.54, 1.807) is 67.0 Å². The van der Waals surface area contributed by atoms with Gasteiger partial charge >= 0.3 is 0 Å². The van der Waals surface area contributed by atoms with Gasteiger partial charge in [-0.25, -0.2) is 0 Å². The molecule has 3 amide bonds. The van der Waals surface area contributed by atoms with Crippen LogP contribution in [-0.4, -0.2) is 40.0 Å². The van der Waals surface area contributed by atoms with Crippen molar-refractivity contribution in [3.8, 4) is 5.75 Å². The number of pyridine rings is 1. The van der Waals surface area contributed by atoms with E-state index in [4.69, 9.17) is 16.3 Å². The largest absolute Gasteiger partial charge is 0.489 e. The number of aromatic nitrogens is 1. The summed E-state index contributed by atoms with van der Waals surface area (Å²) in [5, 5.41) is 2.96. The van der Waals surface area contributed by atoms with Crippen LogP contribution in [0.25, 0.3) is 6.08 Å². The van der Waals surface area contributed by atoms with Gasteiger partial charge < -0.3 is 10.1 Å². The van der Waals surface area contributed by atoms with Crippen LogP contribution in [0.2, 0.25) is 5.02 Å². The van der Waals surface area contributed by atoms with Gasteiger partial charge in [0.2, 0.25) is 0 Å². The Labute approximate surface area is 205 Å². The molecule has 0 unspecified atom stereocenters. The lowest BCUT2D eigenvalue weighted by Gasteiger charge is -2.13. The maximum Gasteiger partial charge on any atom is 0.293 e. The zero-order valence-electron chi connectivity index (χ0n) is 17.9. The van der Waals surface area contributed by atoms with Crippen LogP contribution in [0.4, 0.5) is 4.79 Å². The van der Waals surface area contributed by atoms with Crippen molar-refractivity contribution in [1.82, 2.24) is 15.2 Å². The monoisotopic (exact) mass is 493 g/mol. The summed E-state index contributed by atoms with van der Waals surface area (Å²) in [6.07, 6.45) is 5.08. The van der Waals surface area contributed by atoms with Gasteiger partial charge in [0.15, 0.2) is 0 Å². The van der Waals surface area contributed by atoms with Gasteiger partial charge in [0.25, 0.3) is 17.1 Å². The van der Waals surface area contributed by atoms with E-state index in [1.165, 1.54) is 0 Å². The average molecular weight is 494 g/mol. The number of hydrogen-bond donors (Lipinski definition) is 1. The van der Waals surface area contributed by atoms with Crippen molar-refractivity contribution in [1.29, 1.82) is 0 Å². The van der Waals surface area contributed by atoms with Crippen LogP contribution in [-0.2, 0) is 11.4 Å². The molecule has 0 spiro atoms. The fourth-order valence-electron chi connectivity index (χ4n) is 3.14. The second-order valence-corrected chi connectivity index (χ2v) is 8.74. The number of imide groups is 1. The molecule has 3 aromatic rings. The number of benzene rings is 2. The van der Waals surface area contributed by atoms with Gasteiger partial charge in [0, 0.05) is 41.6 Å². The molecule has 34 heavy (non-hydrogen) atoms. The Morgan fingerprint density at radius 2 is 1.85 bits per heavy atom. The predicted molar refractivity (Wildman–Crippen MR) is 131 cm³/mol. The summed E-state index contributed by atoms with van der Waals surface area (Å²) in [4.78, 5) is 42.8. The number of halogens is 1. The lowest BCUT2D eigenvalue weighted by molar-refractivity contribution is -0.122. The highest BCUT2D eigenvalue weighted by molar-refractivity contribution is 8.18. The van der Waals surface area contributed by atoms with E-state index in [-0.39, 0.29) is 30.1 Å². The SMILES string of the molecule is O=C(NCCN1C(=O)S/C(=C\c2ccc(Cl)cc2)C1=O)c1ccc(OCc2cccnc2)cc1. The molecule has 1 aliphatic heterocycles. The predicted octanol–water partition coefficient (Wildman–Crippen LogP) is 4.78. The molecule has 1 aliphatic rings. The lowest BCUT2D eigenvalue weighted by atomic mass is 10.2. The number of nitrogens with one attached hydrogen (secondary N) is 1. The van der Waals surface area contributed by atoms with E-state index in [0.29, 0.717) is 27.8 Å². The molecular weight excluding hydrogens is 474 g/mol. The van der Waals surface area contributed by atoms with Gasteiger partial charge in [-0.2, -0.15) is 0 Å². The van der Waals surface area contributed by atoms with Crippen molar-refractivity contribution in [3.63, 3.8) is 0 Å². The Bertz CT molecular complexity index is 1220. The molecule has 1 N–H and O–H groups in total. The molecule has 9 heteroatoms. The van der Waals surface area contributed by atoms with Crippen LogP contribution in [0.1, 0.15) is 21.5 Å². The first kappa shape index (κ1) is 23.5. The molecule has 4 rings (SSSR count). The normalized spacial score (nSPS) is 14.5. The highest BCUT2D eigenvalue weighted by Gasteiger charge is 2.34. The summed E-state index contributed by atoms with van der Waals surface area (Å²) in [5.41, 5.74) is 2.17. The summed E-state index contributed by atoms with van der Waals surface area (Å²) in [7, 11) is 0. The van der Waals surface area contributed by atoms with Gasteiger partial charge in [-0.05, 0) is 65.9 Å². The number of ether oxygens (including phenoxy) is 1. The molecule has 2 aromatic carbocycles. The van der Waals surface area contributed by atoms with E-state index < -0.39 is 0 Å². The van der Waals surface area contributed by atoms with Gasteiger partial charge in [-0.1, -0.05) is 29.8 Å². The molecule has 0 atom stereocenters. The third kappa shape index (κ3) is 6.03. The van der Waals surface area contributed by atoms with Crippen molar-refractivity contribution in [3.05, 3.63) is 99.7 Å². The van der Waals surface area contributed by atoms with E-state index in [9.17, 15) is 14.4 Å². The Kier molecular flexibility index (Phi) is 7.61. The van der Waals surface area contributed by atoms with Crippen molar-refractivity contribution in [2.24, 2.45) is 0 Å². The van der Waals surface area contributed by atoms with Crippen LogP contribution >= 0.6 is 23.4 Å². The van der Waals surface area contributed by atoms with Gasteiger partial charge in [0.1, 0.15) is 12.4 Å². The van der Waals surface area contributed by atoms with E-state index in [0.717, 1.165) is 27.8 Å². The Hall–Kier alpha value is -3.62. The lowest BCUT2D eigenvalue weighted by Crippen LogP contribution is -2.37. The molecule has 1 fully saturated rings. The summed E-state index contributed by atoms with van der Waals surface area (Å²) in [6, 6.07) is 17.5. The smallest absolute Gasteiger partial charge is 0.293 e. The van der Waals surface area contributed by atoms with E-state index >= 15 is 0 Å². The average Bonchev–Trinajstić information content (AvgIpc) is 3.12. The maximum atomic E-state index is 12.6. The number of hydrogen-bond acceptors (Lipinski definition) is 6. The Morgan fingerprint density at radius 3 is 2.56 bits per heavy atom. The quantitative estimate of drug-likeness (QED) is 0.454. The fraction of sp³-hybridized carbons (Fsp3) is 0.120. The molecule has 172 valence electrons. The topological polar surface area (TPSA) is 88.6 Å². The fourth-order valence-corrected chi connectivity index (χ4v) is 4.13. The van der Waals surface area contributed by atoms with E-state index in [2.05, 4.69) is 10.3 Å². The van der Waals surface area contributed by atoms with Crippen molar-refractivity contribution >= 4 is 46.5 Å². The standard InChI is InChI=1S/C25H20ClN3O4S/c26-20-7-3-17(4-8-20)14-22-24(31)29(25(32)34-22)13-12-28-23(30)19-5-9-21(10-6-19)33-16-18-2-1-11-27-15-18/h1-11,14-15H,12-13,16H2,(H,28,30)/b22-14-. The summed E-state index contributed by atoms with van der Waals surface area (Å²) in [5.74, 6) is -0.0532. The molecule has 0 bridgehead atoms. The van der Waals surface area contributed by atoms with Crippen LogP contribution < -0.4 is 10.1 Å². The van der Waals surface area contributed by atoms with Crippen molar-refractivity contribution in [2.45, 2.75) is 6.61 Å². The minimum Gasteiger partial charge on any atom is -0.489 e. The van der Waals surface area contributed by atoms with Crippen molar-refractivity contribution in [2.75, 3.05) is 13.1 Å². The number of rotatable bonds is 8. The highest BCUT2D eigenvalue weighted by atomic mass is 35.5. The molecule has 7 nitrogen and oxygen atoms in total. The number of amides is 3. The Balaban J connectivity index is 1.26. The van der Waals surface area contributed by atoms with Crippen LogP contribution in [0.3, 0.4) is 0 Å². The van der Waals surface area contributed by atoms with Gasteiger partial charge in [0.05, 0.1) is 4.91 Å². The molecule has 0 radical (unpaired) electrons. The third-order valence-electron chi connectivity index (χ3n) is 4.91. The summed E-state index contributed by atoms with van der Waals surface area (Å²) < 4.78 is 5.69. The summed E-state index contributed by atoms with van der Waals surface area (Å²) in [6.45, 7) is 0.606. The zero-order chi connectivity index (χ0) is 23.9. The van der Waals surface area contributed by atoms with E-state index in [1.807, 2.05) is 12.1 Å². The molecular formula is C25H20ClN3O4S. The maximum absolute atomic E-state index is 12.6. The minimum absolute atomic E-state index is 0.0840. The van der Waals surface area contributed by atoms with Crippen LogP contribution in [0.5, 0.6) is 5.75 Å². The minimum atomic E-state index is -0.380. The second kappa shape index (κ2) is 11.0. The first-order valence-electron chi connectivity index (χ1n) is 10.4. The molecule has 0 saturated carbocycles. The highest BCUT2D eigenvalue weighted by Crippen LogP contribution is 2.32. The molecule has 1 aromatic heterocycles. The second-order valence-electron chi connectivity index (χ2n) is 7.32. The number of thioether (sulfide) groups is 1.